The number of rotatable bonds is 6. The third-order valence-corrected chi connectivity index (χ3v) is 5.87. The highest BCUT2D eigenvalue weighted by atomic mass is 79.9. The quantitative estimate of drug-likeness (QED) is 0.346. The van der Waals surface area contributed by atoms with Gasteiger partial charge in [0, 0.05) is 10.0 Å². The van der Waals surface area contributed by atoms with Crippen LogP contribution >= 0.6 is 28.1 Å². The molecule has 0 bridgehead atoms. The zero-order chi connectivity index (χ0) is 22.7. The number of methoxy groups -OCH3 is 1. The van der Waals surface area contributed by atoms with Crippen LogP contribution in [0.25, 0.3) is 6.08 Å². The molecule has 7 heteroatoms. The first-order valence-corrected chi connectivity index (χ1v) is 11.1. The van der Waals surface area contributed by atoms with Gasteiger partial charge in [-0.3, -0.25) is 9.69 Å². The lowest BCUT2D eigenvalue weighted by Crippen LogP contribution is -2.30. The molecule has 0 unspecified atom stereocenters. The van der Waals surface area contributed by atoms with Gasteiger partial charge in [-0.1, -0.05) is 40.2 Å². The topological polar surface area (TPSA) is 50.8 Å². The summed E-state index contributed by atoms with van der Waals surface area (Å²) in [5, 5.41) is 3.40. The van der Waals surface area contributed by atoms with Gasteiger partial charge in [-0.05, 0) is 78.8 Å². The minimum atomic E-state index is -0.187. The van der Waals surface area contributed by atoms with Crippen molar-refractivity contribution < 1.29 is 14.3 Å². The molecular weight excluding hydrogens is 488 g/mol. The van der Waals surface area contributed by atoms with Crippen molar-refractivity contribution in [2.24, 2.45) is 0 Å². The molecule has 1 amide bonds. The number of carbonyl (C=O) groups is 1. The molecule has 0 aliphatic carbocycles. The summed E-state index contributed by atoms with van der Waals surface area (Å²) in [6.45, 7) is 2.28. The van der Waals surface area contributed by atoms with Crippen molar-refractivity contribution >= 4 is 50.9 Å². The number of hydrogen-bond acceptors (Lipinski definition) is 4. The van der Waals surface area contributed by atoms with E-state index in [0.29, 0.717) is 23.2 Å². The van der Waals surface area contributed by atoms with Crippen LogP contribution in [-0.4, -0.2) is 18.1 Å². The molecule has 4 rings (SSSR count). The maximum Gasteiger partial charge on any atom is 0.281 e. The molecule has 3 aromatic carbocycles. The minimum absolute atomic E-state index is 0.187. The molecule has 5 nitrogen and oxygen atoms in total. The van der Waals surface area contributed by atoms with Crippen LogP contribution in [-0.2, 0) is 11.4 Å². The van der Waals surface area contributed by atoms with E-state index in [9.17, 15) is 4.79 Å². The number of halogens is 1. The fourth-order valence-corrected chi connectivity index (χ4v) is 3.98. The molecule has 1 aliphatic rings. The average molecular weight is 509 g/mol. The third kappa shape index (κ3) is 4.69. The number of anilines is 1. The molecular formula is C25H21BrN2O3S. The second-order valence-corrected chi connectivity index (χ2v) is 8.53. The van der Waals surface area contributed by atoms with Crippen LogP contribution < -0.4 is 19.7 Å². The Morgan fingerprint density at radius 2 is 1.84 bits per heavy atom. The van der Waals surface area contributed by atoms with Crippen LogP contribution in [0.5, 0.6) is 11.5 Å². The standard InChI is InChI=1S/C25H21BrN2O3S/c1-16-5-3-4-6-22(16)28-24(29)21(27-25(28)32)14-17-7-12-23(30-2)18(13-17)15-31-20-10-8-19(26)9-11-20/h3-14H,15H2,1-2H3,(H,27,32)/b21-14+. The van der Waals surface area contributed by atoms with Crippen molar-refractivity contribution in [3.63, 3.8) is 0 Å². The Labute approximate surface area is 200 Å². The second kappa shape index (κ2) is 9.54. The zero-order valence-electron chi connectivity index (χ0n) is 17.6. The number of hydrogen-bond donors (Lipinski definition) is 1. The Morgan fingerprint density at radius 3 is 2.56 bits per heavy atom. The van der Waals surface area contributed by atoms with Gasteiger partial charge in [0.05, 0.1) is 12.8 Å². The molecule has 0 spiro atoms. The molecule has 1 saturated heterocycles. The van der Waals surface area contributed by atoms with Gasteiger partial charge >= 0.3 is 0 Å². The molecule has 1 heterocycles. The Morgan fingerprint density at radius 1 is 1.09 bits per heavy atom. The minimum Gasteiger partial charge on any atom is -0.496 e. The van der Waals surface area contributed by atoms with E-state index in [0.717, 1.165) is 32.6 Å². The van der Waals surface area contributed by atoms with Gasteiger partial charge in [0.15, 0.2) is 5.11 Å². The van der Waals surface area contributed by atoms with Crippen LogP contribution in [0.2, 0.25) is 0 Å². The van der Waals surface area contributed by atoms with Gasteiger partial charge in [-0.15, -0.1) is 0 Å². The van der Waals surface area contributed by atoms with Crippen LogP contribution in [0.1, 0.15) is 16.7 Å². The Bertz CT molecular complexity index is 1210. The highest BCUT2D eigenvalue weighted by molar-refractivity contribution is 9.10. The number of amides is 1. The first kappa shape index (κ1) is 22.0. The molecule has 162 valence electrons. The van der Waals surface area contributed by atoms with Crippen molar-refractivity contribution in [2.75, 3.05) is 12.0 Å². The molecule has 0 saturated carbocycles. The van der Waals surface area contributed by atoms with E-state index in [4.69, 9.17) is 21.7 Å². The first-order valence-electron chi connectivity index (χ1n) is 9.94. The molecule has 3 aromatic rings. The second-order valence-electron chi connectivity index (χ2n) is 7.23. The van der Waals surface area contributed by atoms with Crippen LogP contribution in [0.3, 0.4) is 0 Å². The fraction of sp³-hybridized carbons (Fsp3) is 0.120. The molecule has 0 aromatic heterocycles. The van der Waals surface area contributed by atoms with Gasteiger partial charge in [-0.25, -0.2) is 0 Å². The van der Waals surface area contributed by atoms with Gasteiger partial charge in [0.1, 0.15) is 23.8 Å². The van der Waals surface area contributed by atoms with E-state index in [-0.39, 0.29) is 5.91 Å². The maximum absolute atomic E-state index is 13.1. The largest absolute Gasteiger partial charge is 0.496 e. The van der Waals surface area contributed by atoms with E-state index in [2.05, 4.69) is 21.2 Å². The lowest BCUT2D eigenvalue weighted by atomic mass is 10.1. The molecule has 1 N–H and O–H groups in total. The predicted octanol–water partition coefficient (Wildman–Crippen LogP) is 5.61. The van der Waals surface area contributed by atoms with Crippen molar-refractivity contribution in [1.82, 2.24) is 5.32 Å². The Hall–Kier alpha value is -3.16. The van der Waals surface area contributed by atoms with E-state index < -0.39 is 0 Å². The van der Waals surface area contributed by atoms with Crippen molar-refractivity contribution in [2.45, 2.75) is 13.5 Å². The van der Waals surface area contributed by atoms with Gasteiger partial charge < -0.3 is 14.8 Å². The monoisotopic (exact) mass is 508 g/mol. The summed E-state index contributed by atoms with van der Waals surface area (Å²) in [5.74, 6) is 1.28. The van der Waals surface area contributed by atoms with Crippen molar-refractivity contribution in [1.29, 1.82) is 0 Å². The van der Waals surface area contributed by atoms with E-state index in [1.54, 1.807) is 13.2 Å². The van der Waals surface area contributed by atoms with Crippen LogP contribution in [0.4, 0.5) is 5.69 Å². The number of aryl methyl sites for hydroxylation is 1. The number of benzene rings is 3. The number of para-hydroxylation sites is 1. The normalized spacial score (nSPS) is 14.6. The zero-order valence-corrected chi connectivity index (χ0v) is 20.0. The van der Waals surface area contributed by atoms with Crippen LogP contribution in [0.15, 0.2) is 76.9 Å². The smallest absolute Gasteiger partial charge is 0.281 e. The van der Waals surface area contributed by atoms with E-state index in [1.807, 2.05) is 73.7 Å². The number of nitrogens with zero attached hydrogens (tertiary/aromatic N) is 1. The molecule has 0 atom stereocenters. The van der Waals surface area contributed by atoms with Gasteiger partial charge in [-0.2, -0.15) is 0 Å². The molecule has 32 heavy (non-hydrogen) atoms. The highest BCUT2D eigenvalue weighted by Crippen LogP contribution is 2.27. The summed E-state index contributed by atoms with van der Waals surface area (Å²) in [5.41, 5.74) is 3.88. The fourth-order valence-electron chi connectivity index (χ4n) is 3.43. The lowest BCUT2D eigenvalue weighted by Gasteiger charge is -2.16. The summed E-state index contributed by atoms with van der Waals surface area (Å²) in [6.07, 6.45) is 1.79. The highest BCUT2D eigenvalue weighted by Gasteiger charge is 2.32. The number of nitrogens with one attached hydrogen (secondary N) is 1. The van der Waals surface area contributed by atoms with Gasteiger partial charge in [0.2, 0.25) is 0 Å². The van der Waals surface area contributed by atoms with Gasteiger partial charge in [0.25, 0.3) is 5.91 Å². The first-order chi connectivity index (χ1) is 15.5. The molecule has 0 radical (unpaired) electrons. The number of carbonyl (C=O) groups excluding carboxylic acids is 1. The summed E-state index contributed by atoms with van der Waals surface area (Å²) in [6, 6.07) is 21.0. The summed E-state index contributed by atoms with van der Waals surface area (Å²) in [4.78, 5) is 14.6. The van der Waals surface area contributed by atoms with Crippen LogP contribution in [0, 0.1) is 6.92 Å². The maximum atomic E-state index is 13.1. The number of thiocarbonyl (C=S) groups is 1. The third-order valence-electron chi connectivity index (χ3n) is 5.06. The summed E-state index contributed by atoms with van der Waals surface area (Å²) >= 11 is 8.85. The Kier molecular flexibility index (Phi) is 6.58. The average Bonchev–Trinajstić information content (AvgIpc) is 3.06. The molecule has 1 aliphatic heterocycles. The Balaban J connectivity index is 1.58. The molecule has 1 fully saturated rings. The van der Waals surface area contributed by atoms with Crippen molar-refractivity contribution in [3.05, 3.63) is 93.6 Å². The lowest BCUT2D eigenvalue weighted by molar-refractivity contribution is -0.113. The SMILES string of the molecule is COc1ccc(/C=C2/NC(=S)N(c3ccccc3C)C2=O)cc1COc1ccc(Br)cc1. The number of ether oxygens (including phenoxy) is 2. The summed E-state index contributed by atoms with van der Waals surface area (Å²) < 4.78 is 12.4. The van der Waals surface area contributed by atoms with E-state index in [1.165, 1.54) is 4.90 Å². The van der Waals surface area contributed by atoms with Crippen molar-refractivity contribution in [3.8, 4) is 11.5 Å². The van der Waals surface area contributed by atoms with E-state index >= 15 is 0 Å². The summed E-state index contributed by atoms with van der Waals surface area (Å²) in [7, 11) is 1.62. The predicted molar refractivity (Wildman–Crippen MR) is 134 cm³/mol.